The fraction of sp³-hybridized carbons (Fsp3) is 0.0345. The summed E-state index contributed by atoms with van der Waals surface area (Å²) >= 11 is 3.23. The zero-order valence-corrected chi connectivity index (χ0v) is 23.0. The number of carbonyl (C=O) groups is 2. The van der Waals surface area contributed by atoms with E-state index < -0.39 is 0 Å². The first-order valence-corrected chi connectivity index (χ1v) is 13.6. The Morgan fingerprint density at radius 1 is 0.548 bits per heavy atom. The molecule has 4 aromatic heterocycles. The summed E-state index contributed by atoms with van der Waals surface area (Å²) in [6, 6.07) is 24.7. The van der Waals surface area contributed by atoms with Crippen molar-refractivity contribution in [3.05, 3.63) is 117 Å². The second-order valence-corrected chi connectivity index (χ2v) is 10.2. The summed E-state index contributed by atoms with van der Waals surface area (Å²) in [6.45, 7) is 0. The average Bonchev–Trinajstić information content (AvgIpc) is 3.76. The lowest BCUT2D eigenvalue weighted by molar-refractivity contribution is 0.103. The Bertz CT molecular complexity index is 2240. The van der Waals surface area contributed by atoms with Crippen LogP contribution in [-0.4, -0.2) is 61.2 Å². The highest BCUT2D eigenvalue weighted by molar-refractivity contribution is 9.10. The molecule has 2 aliphatic rings. The first-order valence-electron chi connectivity index (χ1n) is 12.8. The van der Waals surface area contributed by atoms with Crippen molar-refractivity contribution in [3.8, 4) is 22.5 Å². The molecule has 13 heteroatoms. The van der Waals surface area contributed by atoms with Crippen molar-refractivity contribution in [3.63, 3.8) is 0 Å². The normalized spacial score (nSPS) is 12.6. The van der Waals surface area contributed by atoms with E-state index in [1.807, 2.05) is 66.7 Å². The molecule has 0 atom stereocenters. The first kappa shape index (κ1) is 24.3. The lowest BCUT2D eigenvalue weighted by atomic mass is 10.1. The zero-order valence-electron chi connectivity index (χ0n) is 21.4. The quantitative estimate of drug-likeness (QED) is 0.281. The summed E-state index contributed by atoms with van der Waals surface area (Å²) in [6.07, 6.45) is 0.602. The van der Waals surface area contributed by atoms with E-state index in [0.29, 0.717) is 62.4 Å². The fourth-order valence-electron chi connectivity index (χ4n) is 5.08. The number of fused-ring (bicyclic) bond motifs is 8. The molecule has 0 spiro atoms. The smallest absolute Gasteiger partial charge is 0.273 e. The minimum atomic E-state index is -0.116. The number of rotatable bonds is 2. The molecule has 2 aliphatic carbocycles. The Morgan fingerprint density at radius 2 is 1.05 bits per heavy atom. The SMILES string of the molecule is O=C1c2ccccc2-c2nn3c(Br)nnc3nc21.O=C1c2ccccc2-c2nn3c(Cc4ccccc4)nnc3nc21. The highest BCUT2D eigenvalue weighted by Crippen LogP contribution is 2.34. The van der Waals surface area contributed by atoms with Gasteiger partial charge in [-0.2, -0.15) is 19.2 Å². The maximum absolute atomic E-state index is 12.5. The molecule has 0 saturated carbocycles. The number of ketones is 2. The monoisotopic (exact) mass is 614 g/mol. The Morgan fingerprint density at radius 3 is 1.67 bits per heavy atom. The molecule has 4 heterocycles. The molecule has 42 heavy (non-hydrogen) atoms. The number of halogens is 1. The lowest BCUT2D eigenvalue weighted by Crippen LogP contribution is -2.06. The van der Waals surface area contributed by atoms with Crippen LogP contribution in [0.1, 0.15) is 43.5 Å². The van der Waals surface area contributed by atoms with E-state index in [1.165, 1.54) is 4.52 Å². The van der Waals surface area contributed by atoms with Crippen molar-refractivity contribution in [2.24, 2.45) is 0 Å². The molecule has 12 nitrogen and oxygen atoms in total. The molecule has 0 radical (unpaired) electrons. The van der Waals surface area contributed by atoms with E-state index in [4.69, 9.17) is 0 Å². The maximum Gasteiger partial charge on any atom is 0.273 e. The van der Waals surface area contributed by atoms with Crippen LogP contribution in [0.2, 0.25) is 0 Å². The molecule has 0 bridgehead atoms. The van der Waals surface area contributed by atoms with Crippen LogP contribution in [0.4, 0.5) is 0 Å². The van der Waals surface area contributed by atoms with Crippen LogP contribution in [0.5, 0.6) is 0 Å². The molecule has 7 aromatic rings. The van der Waals surface area contributed by atoms with E-state index in [2.05, 4.69) is 56.5 Å². The van der Waals surface area contributed by atoms with Gasteiger partial charge in [-0.25, -0.2) is 9.97 Å². The Kier molecular flexibility index (Phi) is 5.34. The Hall–Kier alpha value is -5.56. The molecule has 0 saturated heterocycles. The van der Waals surface area contributed by atoms with Gasteiger partial charge in [0.25, 0.3) is 11.6 Å². The summed E-state index contributed by atoms with van der Waals surface area (Å²) in [5, 5.41) is 24.9. The van der Waals surface area contributed by atoms with Crippen LogP contribution in [0.15, 0.2) is 83.6 Å². The number of carbonyl (C=O) groups excluding carboxylic acids is 2. The zero-order chi connectivity index (χ0) is 28.4. The van der Waals surface area contributed by atoms with Gasteiger partial charge in [-0.05, 0) is 21.5 Å². The molecule has 0 N–H and O–H groups in total. The van der Waals surface area contributed by atoms with E-state index >= 15 is 0 Å². The summed E-state index contributed by atoms with van der Waals surface area (Å²) in [7, 11) is 0. The average molecular weight is 615 g/mol. The van der Waals surface area contributed by atoms with E-state index in [0.717, 1.165) is 16.7 Å². The summed E-state index contributed by atoms with van der Waals surface area (Å²) in [5.74, 6) is 1.13. The molecular weight excluding hydrogens is 600 g/mol. The lowest BCUT2D eigenvalue weighted by Gasteiger charge is -2.02. The van der Waals surface area contributed by atoms with Gasteiger partial charge in [-0.15, -0.1) is 20.4 Å². The van der Waals surface area contributed by atoms with Crippen LogP contribution in [0, 0.1) is 0 Å². The van der Waals surface area contributed by atoms with Crippen LogP contribution >= 0.6 is 15.9 Å². The molecular formula is C29H15BrN10O2. The minimum absolute atomic E-state index is 0.108. The topological polar surface area (TPSA) is 146 Å². The van der Waals surface area contributed by atoms with Crippen LogP contribution in [0.3, 0.4) is 0 Å². The van der Waals surface area contributed by atoms with Gasteiger partial charge in [-0.3, -0.25) is 9.59 Å². The van der Waals surface area contributed by atoms with E-state index in [1.54, 1.807) is 16.6 Å². The third kappa shape index (κ3) is 3.67. The molecule has 3 aromatic carbocycles. The molecule has 0 unspecified atom stereocenters. The van der Waals surface area contributed by atoms with Crippen molar-refractivity contribution >= 4 is 39.1 Å². The van der Waals surface area contributed by atoms with Crippen molar-refractivity contribution < 1.29 is 9.59 Å². The van der Waals surface area contributed by atoms with E-state index in [-0.39, 0.29) is 11.6 Å². The Balaban J connectivity index is 0.000000132. The van der Waals surface area contributed by atoms with Gasteiger partial charge in [0.15, 0.2) is 5.82 Å². The molecule has 0 aliphatic heterocycles. The van der Waals surface area contributed by atoms with Gasteiger partial charge < -0.3 is 0 Å². The predicted octanol–water partition coefficient (Wildman–Crippen LogP) is 3.81. The third-order valence-corrected chi connectivity index (χ3v) is 7.53. The van der Waals surface area contributed by atoms with Gasteiger partial charge in [0.2, 0.25) is 16.3 Å². The Labute approximate surface area is 244 Å². The first-order chi connectivity index (χ1) is 20.6. The number of hydrogen-bond donors (Lipinski definition) is 0. The fourth-order valence-corrected chi connectivity index (χ4v) is 5.40. The minimum Gasteiger partial charge on any atom is -0.287 e. The van der Waals surface area contributed by atoms with E-state index in [9.17, 15) is 9.59 Å². The maximum atomic E-state index is 12.5. The van der Waals surface area contributed by atoms with Gasteiger partial charge in [0.1, 0.15) is 22.8 Å². The third-order valence-electron chi connectivity index (χ3n) is 7.04. The highest BCUT2D eigenvalue weighted by Gasteiger charge is 2.32. The van der Waals surface area contributed by atoms with Crippen LogP contribution in [-0.2, 0) is 6.42 Å². The van der Waals surface area contributed by atoms with Crippen LogP contribution in [0.25, 0.3) is 34.1 Å². The number of aromatic nitrogens is 10. The van der Waals surface area contributed by atoms with Crippen LogP contribution < -0.4 is 0 Å². The summed E-state index contributed by atoms with van der Waals surface area (Å²) in [5.41, 5.74) is 5.85. The molecule has 9 rings (SSSR count). The standard InChI is InChI=1S/C18H11N5O.C11H4BrN5O/c24-17-13-9-5-4-8-12(13)15-16(17)19-18-21-20-14(23(18)22-15)10-11-6-2-1-3-7-11;12-10-14-15-11-13-8-7(16-17(10)11)5-3-1-2-4-6(5)9(8)18/h1-9H,10H2;1-4H. The van der Waals surface area contributed by atoms with Gasteiger partial charge >= 0.3 is 0 Å². The second-order valence-electron chi connectivity index (χ2n) is 9.54. The molecule has 200 valence electrons. The number of benzene rings is 3. The van der Waals surface area contributed by atoms with Crippen molar-refractivity contribution in [2.75, 3.05) is 0 Å². The largest absolute Gasteiger partial charge is 0.287 e. The van der Waals surface area contributed by atoms with Crippen molar-refractivity contribution in [1.29, 1.82) is 0 Å². The molecule has 0 fully saturated rings. The molecule has 0 amide bonds. The predicted molar refractivity (Wildman–Crippen MR) is 152 cm³/mol. The number of hydrogen-bond acceptors (Lipinski definition) is 10. The van der Waals surface area contributed by atoms with Crippen molar-refractivity contribution in [2.45, 2.75) is 6.42 Å². The van der Waals surface area contributed by atoms with Gasteiger partial charge in [0, 0.05) is 28.7 Å². The second kappa shape index (κ2) is 9.24. The number of nitrogens with zero attached hydrogens (tertiary/aromatic N) is 10. The summed E-state index contributed by atoms with van der Waals surface area (Å²) < 4.78 is 3.56. The van der Waals surface area contributed by atoms with Gasteiger partial charge in [0.05, 0.1) is 0 Å². The van der Waals surface area contributed by atoms with Gasteiger partial charge in [-0.1, -0.05) is 78.9 Å². The highest BCUT2D eigenvalue weighted by atomic mass is 79.9. The van der Waals surface area contributed by atoms with Crippen molar-refractivity contribution in [1.82, 2.24) is 49.6 Å². The summed E-state index contributed by atoms with van der Waals surface area (Å²) in [4.78, 5) is 33.2.